The molecule has 0 unspecified atom stereocenters. The van der Waals surface area contributed by atoms with E-state index in [0.29, 0.717) is 18.0 Å². The Morgan fingerprint density at radius 2 is 2.00 bits per heavy atom. The number of amides is 2. The van der Waals surface area contributed by atoms with Gasteiger partial charge in [-0.1, -0.05) is 30.3 Å². The molecule has 0 bridgehead atoms. The van der Waals surface area contributed by atoms with Crippen LogP contribution in [0.5, 0.6) is 0 Å². The second-order valence-corrected chi connectivity index (χ2v) is 4.71. The van der Waals surface area contributed by atoms with E-state index in [1.807, 2.05) is 49.4 Å². The standard InChI is InChI=1S/C15H15N5O/c1-10-7-8-12-13(17-10)19-20-14(12)18-15(21)16-9-11-5-3-2-4-6-11/h2-8H,9H2,1H3,(H3,16,17,18,19,20,21). The molecule has 1 aromatic carbocycles. The fourth-order valence-corrected chi connectivity index (χ4v) is 2.03. The smallest absolute Gasteiger partial charge is 0.320 e. The van der Waals surface area contributed by atoms with E-state index in [9.17, 15) is 4.79 Å². The molecule has 0 fully saturated rings. The minimum atomic E-state index is -0.298. The molecule has 0 aliphatic rings. The molecule has 2 aromatic heterocycles. The summed E-state index contributed by atoms with van der Waals surface area (Å²) in [6.07, 6.45) is 0. The van der Waals surface area contributed by atoms with E-state index in [-0.39, 0.29) is 6.03 Å². The second kappa shape index (κ2) is 5.62. The van der Waals surface area contributed by atoms with E-state index < -0.39 is 0 Å². The molecule has 2 amide bonds. The molecule has 0 atom stereocenters. The van der Waals surface area contributed by atoms with Crippen molar-refractivity contribution in [2.45, 2.75) is 13.5 Å². The summed E-state index contributed by atoms with van der Waals surface area (Å²) in [5.41, 5.74) is 2.59. The normalized spacial score (nSPS) is 10.5. The first kappa shape index (κ1) is 13.1. The van der Waals surface area contributed by atoms with Crippen molar-refractivity contribution in [2.75, 3.05) is 5.32 Å². The zero-order valence-corrected chi connectivity index (χ0v) is 11.6. The number of nitrogens with zero attached hydrogens (tertiary/aromatic N) is 2. The van der Waals surface area contributed by atoms with E-state index in [0.717, 1.165) is 16.6 Å². The summed E-state index contributed by atoms with van der Waals surface area (Å²) in [5.74, 6) is 0.475. The van der Waals surface area contributed by atoms with Crippen molar-refractivity contribution in [2.24, 2.45) is 0 Å². The lowest BCUT2D eigenvalue weighted by Gasteiger charge is -2.05. The van der Waals surface area contributed by atoms with Crippen LogP contribution in [0.3, 0.4) is 0 Å². The van der Waals surface area contributed by atoms with Crippen molar-refractivity contribution in [3.05, 3.63) is 53.7 Å². The van der Waals surface area contributed by atoms with Gasteiger partial charge in [0.25, 0.3) is 0 Å². The van der Waals surface area contributed by atoms with Crippen molar-refractivity contribution in [1.82, 2.24) is 20.5 Å². The Labute approximate surface area is 121 Å². The highest BCUT2D eigenvalue weighted by molar-refractivity contribution is 5.97. The predicted molar refractivity (Wildman–Crippen MR) is 80.9 cm³/mol. The number of aryl methyl sites for hydroxylation is 1. The van der Waals surface area contributed by atoms with Crippen LogP contribution >= 0.6 is 0 Å². The molecule has 6 nitrogen and oxygen atoms in total. The van der Waals surface area contributed by atoms with Crippen LogP contribution in [0.25, 0.3) is 11.0 Å². The van der Waals surface area contributed by atoms with Gasteiger partial charge in [-0.3, -0.25) is 10.4 Å². The molecule has 0 saturated heterocycles. The fraction of sp³-hybridized carbons (Fsp3) is 0.133. The lowest BCUT2D eigenvalue weighted by atomic mass is 10.2. The minimum Gasteiger partial charge on any atom is -0.334 e. The molecule has 0 aliphatic heterocycles. The summed E-state index contributed by atoms with van der Waals surface area (Å²) in [6.45, 7) is 2.37. The first-order chi connectivity index (χ1) is 10.2. The Bertz CT molecular complexity index is 766. The summed E-state index contributed by atoms with van der Waals surface area (Å²) in [6, 6.07) is 13.2. The second-order valence-electron chi connectivity index (χ2n) is 4.71. The molecular formula is C15H15N5O. The molecule has 2 heterocycles. The lowest BCUT2D eigenvalue weighted by molar-refractivity contribution is 0.251. The van der Waals surface area contributed by atoms with E-state index in [1.54, 1.807) is 0 Å². The van der Waals surface area contributed by atoms with E-state index in [1.165, 1.54) is 0 Å². The maximum Gasteiger partial charge on any atom is 0.320 e. The van der Waals surface area contributed by atoms with Gasteiger partial charge in [-0.25, -0.2) is 9.78 Å². The number of fused-ring (bicyclic) bond motifs is 1. The van der Waals surface area contributed by atoms with Crippen molar-refractivity contribution < 1.29 is 4.79 Å². The topological polar surface area (TPSA) is 82.7 Å². The zero-order valence-electron chi connectivity index (χ0n) is 11.6. The van der Waals surface area contributed by atoms with Gasteiger partial charge in [-0.2, -0.15) is 5.10 Å². The van der Waals surface area contributed by atoms with Crippen molar-refractivity contribution in [3.63, 3.8) is 0 Å². The third kappa shape index (κ3) is 3.00. The number of rotatable bonds is 3. The van der Waals surface area contributed by atoms with Gasteiger partial charge in [0.15, 0.2) is 11.5 Å². The molecule has 3 rings (SSSR count). The fourth-order valence-electron chi connectivity index (χ4n) is 2.03. The van der Waals surface area contributed by atoms with Crippen LogP contribution in [-0.2, 0) is 6.54 Å². The van der Waals surface area contributed by atoms with E-state index in [4.69, 9.17) is 0 Å². The average molecular weight is 281 g/mol. The molecule has 3 N–H and O–H groups in total. The highest BCUT2D eigenvalue weighted by Crippen LogP contribution is 2.18. The van der Waals surface area contributed by atoms with Crippen molar-refractivity contribution in [1.29, 1.82) is 0 Å². The van der Waals surface area contributed by atoms with Gasteiger partial charge in [0.2, 0.25) is 0 Å². The Morgan fingerprint density at radius 3 is 2.81 bits per heavy atom. The minimum absolute atomic E-state index is 0.298. The van der Waals surface area contributed by atoms with Gasteiger partial charge in [-0.05, 0) is 24.6 Å². The number of urea groups is 1. The summed E-state index contributed by atoms with van der Waals surface area (Å²) in [7, 11) is 0. The number of carbonyl (C=O) groups excluding carboxylic acids is 1. The van der Waals surface area contributed by atoms with Crippen LogP contribution in [0.2, 0.25) is 0 Å². The van der Waals surface area contributed by atoms with E-state index in [2.05, 4.69) is 25.8 Å². The van der Waals surface area contributed by atoms with Gasteiger partial charge in [0.1, 0.15) is 0 Å². The number of aromatic nitrogens is 3. The van der Waals surface area contributed by atoms with Crippen LogP contribution in [0.15, 0.2) is 42.5 Å². The molecule has 3 aromatic rings. The predicted octanol–water partition coefficient (Wildman–Crippen LogP) is 2.59. The summed E-state index contributed by atoms with van der Waals surface area (Å²) in [5, 5.41) is 13.2. The number of nitrogens with one attached hydrogen (secondary N) is 3. The molecule has 106 valence electrons. The molecule has 0 saturated carbocycles. The van der Waals surface area contributed by atoms with Crippen LogP contribution < -0.4 is 10.6 Å². The number of pyridine rings is 1. The number of carbonyl (C=O) groups is 1. The molecule has 6 heteroatoms. The first-order valence-corrected chi connectivity index (χ1v) is 6.63. The first-order valence-electron chi connectivity index (χ1n) is 6.63. The van der Waals surface area contributed by atoms with Crippen LogP contribution in [0.1, 0.15) is 11.3 Å². The molecule has 0 aliphatic carbocycles. The highest BCUT2D eigenvalue weighted by Gasteiger charge is 2.09. The number of aromatic amines is 1. The van der Waals surface area contributed by atoms with Crippen molar-refractivity contribution in [3.8, 4) is 0 Å². The number of H-pyrrole nitrogens is 1. The number of hydrogen-bond donors (Lipinski definition) is 3. The van der Waals surface area contributed by atoms with E-state index >= 15 is 0 Å². The Morgan fingerprint density at radius 1 is 1.19 bits per heavy atom. The monoisotopic (exact) mass is 281 g/mol. The van der Waals surface area contributed by atoms with Gasteiger partial charge < -0.3 is 5.32 Å². The number of benzene rings is 1. The summed E-state index contributed by atoms with van der Waals surface area (Å²) >= 11 is 0. The maximum absolute atomic E-state index is 11.9. The quantitative estimate of drug-likeness (QED) is 0.690. The van der Waals surface area contributed by atoms with Gasteiger partial charge in [0.05, 0.1) is 5.39 Å². The summed E-state index contributed by atoms with van der Waals surface area (Å²) in [4.78, 5) is 16.2. The highest BCUT2D eigenvalue weighted by atomic mass is 16.2. The van der Waals surface area contributed by atoms with Crippen molar-refractivity contribution >= 4 is 22.9 Å². The van der Waals surface area contributed by atoms with Crippen LogP contribution in [0, 0.1) is 6.92 Å². The van der Waals surface area contributed by atoms with Crippen LogP contribution in [0.4, 0.5) is 10.6 Å². The molecule has 0 radical (unpaired) electrons. The summed E-state index contributed by atoms with van der Waals surface area (Å²) < 4.78 is 0. The average Bonchev–Trinajstić information content (AvgIpc) is 2.88. The molecule has 0 spiro atoms. The zero-order chi connectivity index (χ0) is 14.7. The lowest BCUT2D eigenvalue weighted by Crippen LogP contribution is -2.28. The third-order valence-electron chi connectivity index (χ3n) is 3.09. The number of hydrogen-bond acceptors (Lipinski definition) is 3. The van der Waals surface area contributed by atoms with Gasteiger partial charge in [-0.15, -0.1) is 0 Å². The Balaban J connectivity index is 1.66. The third-order valence-corrected chi connectivity index (χ3v) is 3.09. The maximum atomic E-state index is 11.9. The molecule has 21 heavy (non-hydrogen) atoms. The SMILES string of the molecule is Cc1ccc2c(NC(=O)NCc3ccccc3)n[nH]c2n1. The van der Waals surface area contributed by atoms with Crippen LogP contribution in [-0.4, -0.2) is 21.2 Å². The molecular weight excluding hydrogens is 266 g/mol. The number of anilines is 1. The Hall–Kier alpha value is -2.89. The van der Waals surface area contributed by atoms with Gasteiger partial charge in [0, 0.05) is 12.2 Å². The largest absolute Gasteiger partial charge is 0.334 e. The van der Waals surface area contributed by atoms with Gasteiger partial charge >= 0.3 is 6.03 Å². The Kier molecular flexibility index (Phi) is 3.51.